The van der Waals surface area contributed by atoms with Gasteiger partial charge in [-0.05, 0) is 24.2 Å². The summed E-state index contributed by atoms with van der Waals surface area (Å²) in [7, 11) is -1.70. The van der Waals surface area contributed by atoms with E-state index in [1.54, 1.807) is 0 Å². The van der Waals surface area contributed by atoms with E-state index < -0.39 is 8.32 Å². The van der Waals surface area contributed by atoms with Gasteiger partial charge in [-0.15, -0.1) is 0 Å². The minimum atomic E-state index is -1.70. The van der Waals surface area contributed by atoms with E-state index in [9.17, 15) is 0 Å². The van der Waals surface area contributed by atoms with Gasteiger partial charge in [-0.1, -0.05) is 39.0 Å². The van der Waals surface area contributed by atoms with Crippen molar-refractivity contribution in [2.45, 2.75) is 45.5 Å². The van der Waals surface area contributed by atoms with Gasteiger partial charge < -0.3 is 4.43 Å². The summed E-state index contributed by atoms with van der Waals surface area (Å²) in [5, 5.41) is 8.80. The number of para-hydroxylation sites is 1. The summed E-state index contributed by atoms with van der Waals surface area (Å²) < 4.78 is 6.20. The molecule has 0 bridgehead atoms. The van der Waals surface area contributed by atoms with Crippen LogP contribution in [0, 0.1) is 0 Å². The zero-order valence-corrected chi connectivity index (χ0v) is 12.9. The summed E-state index contributed by atoms with van der Waals surface area (Å²) in [6.07, 6.45) is 0. The largest absolute Gasteiger partial charge is 0.411 e. The van der Waals surface area contributed by atoms with E-state index in [2.05, 4.69) is 50.1 Å². The topological polar surface area (TPSA) is 37.9 Å². The highest BCUT2D eigenvalue weighted by Crippen LogP contribution is 2.37. The summed E-state index contributed by atoms with van der Waals surface area (Å²) in [4.78, 5) is 0. The molecule has 0 saturated carbocycles. The highest BCUT2D eigenvalue weighted by atomic mass is 28.4. The number of H-pyrrole nitrogens is 1. The average molecular weight is 262 g/mol. The predicted octanol–water partition coefficient (Wildman–Crippen LogP) is 4.08. The van der Waals surface area contributed by atoms with Crippen LogP contribution in [0.2, 0.25) is 18.1 Å². The molecule has 1 N–H and O–H groups in total. The molecule has 0 saturated heterocycles. The van der Waals surface area contributed by atoms with Crippen molar-refractivity contribution in [2.75, 3.05) is 0 Å². The summed E-state index contributed by atoms with van der Waals surface area (Å²) in [6.45, 7) is 11.9. The lowest BCUT2D eigenvalue weighted by atomic mass is 10.2. The van der Waals surface area contributed by atoms with Gasteiger partial charge in [0, 0.05) is 5.39 Å². The van der Waals surface area contributed by atoms with E-state index in [0.29, 0.717) is 6.61 Å². The molecular weight excluding hydrogens is 240 g/mol. The Bertz CT molecular complexity index is 540. The maximum atomic E-state index is 6.20. The van der Waals surface area contributed by atoms with Crippen molar-refractivity contribution < 1.29 is 4.43 Å². The molecule has 0 amide bonds. The average Bonchev–Trinajstić information content (AvgIpc) is 2.68. The van der Waals surface area contributed by atoms with Crippen LogP contribution in [0.4, 0.5) is 0 Å². The van der Waals surface area contributed by atoms with Crippen LogP contribution in [0.5, 0.6) is 0 Å². The van der Waals surface area contributed by atoms with Crippen LogP contribution in [0.3, 0.4) is 0 Å². The second-order valence-corrected chi connectivity index (χ2v) is 11.1. The summed E-state index contributed by atoms with van der Waals surface area (Å²) in [6, 6.07) is 8.17. The van der Waals surface area contributed by atoms with Crippen molar-refractivity contribution in [3.05, 3.63) is 30.0 Å². The van der Waals surface area contributed by atoms with Crippen molar-refractivity contribution in [2.24, 2.45) is 0 Å². The van der Waals surface area contributed by atoms with Gasteiger partial charge in [0.15, 0.2) is 8.32 Å². The molecule has 1 aromatic heterocycles. The van der Waals surface area contributed by atoms with E-state index >= 15 is 0 Å². The van der Waals surface area contributed by atoms with Gasteiger partial charge in [-0.2, -0.15) is 5.10 Å². The minimum absolute atomic E-state index is 0.235. The van der Waals surface area contributed by atoms with Crippen LogP contribution in [-0.4, -0.2) is 18.5 Å². The lowest BCUT2D eigenvalue weighted by Crippen LogP contribution is -2.40. The Hall–Kier alpha value is -1.13. The summed E-state index contributed by atoms with van der Waals surface area (Å²) in [5.41, 5.74) is 2.08. The maximum Gasteiger partial charge on any atom is 0.192 e. The fourth-order valence-electron chi connectivity index (χ4n) is 1.60. The summed E-state index contributed by atoms with van der Waals surface area (Å²) >= 11 is 0. The fourth-order valence-corrected chi connectivity index (χ4v) is 2.53. The molecule has 2 aromatic rings. The van der Waals surface area contributed by atoms with Gasteiger partial charge in [-0.25, -0.2) is 0 Å². The Morgan fingerprint density at radius 1 is 1.22 bits per heavy atom. The third-order valence-electron chi connectivity index (χ3n) is 3.93. The third kappa shape index (κ3) is 2.49. The SMILES string of the molecule is CC(C)(C)[Si](C)(C)OCc1n[nH]c2ccccc12. The Labute approximate surface area is 110 Å². The molecule has 0 atom stereocenters. The van der Waals surface area contributed by atoms with E-state index in [-0.39, 0.29) is 5.04 Å². The van der Waals surface area contributed by atoms with Crippen molar-refractivity contribution in [3.8, 4) is 0 Å². The zero-order valence-electron chi connectivity index (χ0n) is 11.9. The quantitative estimate of drug-likeness (QED) is 0.846. The first-order chi connectivity index (χ1) is 8.31. The molecule has 1 heterocycles. The van der Waals surface area contributed by atoms with Gasteiger partial charge in [0.05, 0.1) is 17.8 Å². The molecule has 18 heavy (non-hydrogen) atoms. The highest BCUT2D eigenvalue weighted by molar-refractivity contribution is 6.74. The fraction of sp³-hybridized carbons (Fsp3) is 0.500. The van der Waals surface area contributed by atoms with Gasteiger partial charge >= 0.3 is 0 Å². The van der Waals surface area contributed by atoms with Crippen LogP contribution in [-0.2, 0) is 11.0 Å². The van der Waals surface area contributed by atoms with Gasteiger partial charge in [0.2, 0.25) is 0 Å². The number of aromatic amines is 1. The smallest absolute Gasteiger partial charge is 0.192 e. The number of hydrogen-bond acceptors (Lipinski definition) is 2. The molecule has 0 aliphatic heterocycles. The Balaban J connectivity index is 2.16. The molecule has 1 aromatic carbocycles. The van der Waals surface area contributed by atoms with Gasteiger partial charge in [0.25, 0.3) is 0 Å². The molecule has 4 heteroatoms. The number of aromatic nitrogens is 2. The molecule has 0 radical (unpaired) electrons. The van der Waals surface area contributed by atoms with Crippen LogP contribution < -0.4 is 0 Å². The number of rotatable bonds is 3. The molecule has 2 rings (SSSR count). The number of nitrogens with one attached hydrogen (secondary N) is 1. The minimum Gasteiger partial charge on any atom is -0.411 e. The van der Waals surface area contributed by atoms with E-state index in [1.807, 2.05) is 18.2 Å². The van der Waals surface area contributed by atoms with E-state index in [4.69, 9.17) is 4.43 Å². The molecule has 0 spiro atoms. The standard InChI is InChI=1S/C14H22N2OSi/c1-14(2,3)18(4,5)17-10-13-11-8-6-7-9-12(11)15-16-13/h6-9H,10H2,1-5H3,(H,15,16). The molecule has 0 unspecified atom stereocenters. The van der Waals surface area contributed by atoms with Gasteiger partial charge in [0.1, 0.15) is 0 Å². The lowest BCUT2D eigenvalue weighted by molar-refractivity contribution is 0.273. The summed E-state index contributed by atoms with van der Waals surface area (Å²) in [5.74, 6) is 0. The Morgan fingerprint density at radius 2 is 1.89 bits per heavy atom. The predicted molar refractivity (Wildman–Crippen MR) is 78.1 cm³/mol. The molecular formula is C14H22N2OSi. The van der Waals surface area contributed by atoms with Gasteiger partial charge in [-0.3, -0.25) is 5.10 Å². The number of benzene rings is 1. The first-order valence-corrected chi connectivity index (χ1v) is 9.28. The molecule has 3 nitrogen and oxygen atoms in total. The second kappa shape index (κ2) is 4.52. The lowest BCUT2D eigenvalue weighted by Gasteiger charge is -2.35. The van der Waals surface area contributed by atoms with E-state index in [1.165, 1.54) is 0 Å². The monoisotopic (exact) mass is 262 g/mol. The molecule has 98 valence electrons. The van der Waals surface area contributed by atoms with Crippen LogP contribution >= 0.6 is 0 Å². The number of hydrogen-bond donors (Lipinski definition) is 1. The second-order valence-electron chi connectivity index (χ2n) is 6.26. The molecule has 0 aliphatic carbocycles. The van der Waals surface area contributed by atoms with Crippen LogP contribution in [0.25, 0.3) is 10.9 Å². The zero-order chi connectivity index (χ0) is 13.4. The third-order valence-corrected chi connectivity index (χ3v) is 8.40. The van der Waals surface area contributed by atoms with E-state index in [0.717, 1.165) is 16.6 Å². The van der Waals surface area contributed by atoms with Crippen molar-refractivity contribution >= 4 is 19.2 Å². The normalized spacial score (nSPS) is 13.2. The number of fused-ring (bicyclic) bond motifs is 1. The highest BCUT2D eigenvalue weighted by Gasteiger charge is 2.37. The van der Waals surface area contributed by atoms with Crippen molar-refractivity contribution in [3.63, 3.8) is 0 Å². The first kappa shape index (κ1) is 13.3. The Kier molecular flexibility index (Phi) is 3.34. The van der Waals surface area contributed by atoms with Crippen molar-refractivity contribution in [1.82, 2.24) is 10.2 Å². The van der Waals surface area contributed by atoms with Crippen molar-refractivity contribution in [1.29, 1.82) is 0 Å². The van der Waals surface area contributed by atoms with Crippen LogP contribution in [0.1, 0.15) is 26.5 Å². The molecule has 0 fully saturated rings. The Morgan fingerprint density at radius 3 is 2.56 bits per heavy atom. The van der Waals surface area contributed by atoms with Crippen LogP contribution in [0.15, 0.2) is 24.3 Å². The molecule has 0 aliphatic rings. The maximum absolute atomic E-state index is 6.20. The first-order valence-electron chi connectivity index (χ1n) is 6.37. The number of nitrogens with zero attached hydrogens (tertiary/aromatic N) is 1.